The minimum Gasteiger partial charge on any atom is -0.204 e. The maximum absolute atomic E-state index is 8.37. The fourth-order valence-corrected chi connectivity index (χ4v) is 0.582. The van der Waals surface area contributed by atoms with Crippen LogP contribution in [-0.4, -0.2) is 15.0 Å². The van der Waals surface area contributed by atoms with Crippen molar-refractivity contribution in [3.05, 3.63) is 17.5 Å². The van der Waals surface area contributed by atoms with Gasteiger partial charge in [0.25, 0.3) is 0 Å². The van der Waals surface area contributed by atoms with Gasteiger partial charge in [0, 0.05) is 0 Å². The van der Waals surface area contributed by atoms with E-state index in [-0.39, 0.29) is 11.6 Å². The molecular formula is C6H3N5. The molecule has 1 aromatic rings. The lowest BCUT2D eigenvalue weighted by Gasteiger charge is -1.90. The summed E-state index contributed by atoms with van der Waals surface area (Å²) >= 11 is 0. The molecule has 0 aliphatic rings. The highest BCUT2D eigenvalue weighted by Crippen LogP contribution is 1.91. The van der Waals surface area contributed by atoms with Crippen LogP contribution in [0.4, 0.5) is 0 Å². The number of nitrogens with zero attached hydrogens (tertiary/aromatic N) is 5. The van der Waals surface area contributed by atoms with Gasteiger partial charge in [0.1, 0.15) is 18.0 Å². The van der Waals surface area contributed by atoms with Gasteiger partial charge in [0.2, 0.25) is 11.6 Å². The van der Waals surface area contributed by atoms with Crippen molar-refractivity contribution in [2.75, 3.05) is 0 Å². The molecule has 0 aliphatic heterocycles. The summed E-state index contributed by atoms with van der Waals surface area (Å²) in [6.45, 7) is 1.60. The van der Waals surface area contributed by atoms with E-state index in [0.717, 1.165) is 0 Å². The Morgan fingerprint density at radius 2 is 1.45 bits per heavy atom. The summed E-state index contributed by atoms with van der Waals surface area (Å²) in [5, 5.41) is 16.7. The topological polar surface area (TPSA) is 86.2 Å². The molecule has 0 spiro atoms. The maximum atomic E-state index is 8.37. The lowest BCUT2D eigenvalue weighted by molar-refractivity contribution is 0.929. The van der Waals surface area contributed by atoms with E-state index in [1.165, 1.54) is 0 Å². The highest BCUT2D eigenvalue weighted by Gasteiger charge is 2.00. The van der Waals surface area contributed by atoms with Crippen LogP contribution in [0.5, 0.6) is 0 Å². The van der Waals surface area contributed by atoms with Crippen molar-refractivity contribution in [3.8, 4) is 12.1 Å². The molecule has 0 atom stereocenters. The molecule has 0 radical (unpaired) electrons. The molecule has 0 N–H and O–H groups in total. The molecule has 0 amide bonds. The third-order valence-electron chi connectivity index (χ3n) is 0.947. The fourth-order valence-electron chi connectivity index (χ4n) is 0.582. The number of aryl methyl sites for hydroxylation is 1. The van der Waals surface area contributed by atoms with Gasteiger partial charge >= 0.3 is 0 Å². The van der Waals surface area contributed by atoms with E-state index in [0.29, 0.717) is 5.82 Å². The van der Waals surface area contributed by atoms with Crippen molar-refractivity contribution in [2.24, 2.45) is 0 Å². The van der Waals surface area contributed by atoms with E-state index in [1.807, 2.05) is 0 Å². The standard InChI is InChI=1S/C6H3N5/c1-4-9-5(2-7)11-6(3-8)10-4/h1H3. The summed E-state index contributed by atoms with van der Waals surface area (Å²) in [6, 6.07) is 3.46. The molecule has 5 nitrogen and oxygen atoms in total. The first-order valence-corrected chi connectivity index (χ1v) is 2.79. The highest BCUT2D eigenvalue weighted by molar-refractivity contribution is 5.16. The van der Waals surface area contributed by atoms with Gasteiger partial charge in [-0.2, -0.15) is 15.5 Å². The lowest BCUT2D eigenvalue weighted by atomic mass is 10.5. The Kier molecular flexibility index (Phi) is 1.75. The average Bonchev–Trinajstić information content (AvgIpc) is 2.03. The Morgan fingerprint density at radius 3 is 1.82 bits per heavy atom. The largest absolute Gasteiger partial charge is 0.236 e. The number of rotatable bonds is 0. The maximum Gasteiger partial charge on any atom is 0.236 e. The van der Waals surface area contributed by atoms with Gasteiger partial charge in [-0.1, -0.05) is 0 Å². The summed E-state index contributed by atoms with van der Waals surface area (Å²) in [4.78, 5) is 10.9. The van der Waals surface area contributed by atoms with Crippen LogP contribution < -0.4 is 0 Å². The van der Waals surface area contributed by atoms with Crippen molar-refractivity contribution in [1.29, 1.82) is 10.5 Å². The Labute approximate surface area is 63.0 Å². The number of hydrogen-bond acceptors (Lipinski definition) is 5. The van der Waals surface area contributed by atoms with E-state index in [1.54, 1.807) is 19.1 Å². The summed E-state index contributed by atoms with van der Waals surface area (Å²) < 4.78 is 0. The lowest BCUT2D eigenvalue weighted by Crippen LogP contribution is -1.99. The molecule has 0 aliphatic carbocycles. The smallest absolute Gasteiger partial charge is 0.204 e. The zero-order valence-corrected chi connectivity index (χ0v) is 5.74. The normalized spacial score (nSPS) is 8.27. The second-order valence-corrected chi connectivity index (χ2v) is 1.75. The quantitative estimate of drug-likeness (QED) is 0.509. The summed E-state index contributed by atoms with van der Waals surface area (Å²) in [5.41, 5.74) is 0. The second-order valence-electron chi connectivity index (χ2n) is 1.75. The predicted octanol–water partition coefficient (Wildman–Crippen LogP) is -0.0766. The molecule has 0 aromatic carbocycles. The third kappa shape index (κ3) is 1.46. The molecule has 0 unspecified atom stereocenters. The van der Waals surface area contributed by atoms with Gasteiger partial charge in [0.05, 0.1) is 0 Å². The first-order chi connectivity index (χ1) is 5.26. The SMILES string of the molecule is Cc1nc(C#N)nc(C#N)n1. The second kappa shape index (κ2) is 2.72. The van der Waals surface area contributed by atoms with E-state index in [4.69, 9.17) is 10.5 Å². The molecule has 0 saturated carbocycles. The van der Waals surface area contributed by atoms with Gasteiger partial charge in [-0.25, -0.2) is 9.97 Å². The van der Waals surface area contributed by atoms with E-state index >= 15 is 0 Å². The molecular weight excluding hydrogens is 142 g/mol. The minimum atomic E-state index is -0.0194. The first-order valence-electron chi connectivity index (χ1n) is 2.79. The number of nitriles is 2. The monoisotopic (exact) mass is 145 g/mol. The third-order valence-corrected chi connectivity index (χ3v) is 0.947. The highest BCUT2D eigenvalue weighted by atomic mass is 15.0. The summed E-state index contributed by atoms with van der Waals surface area (Å²) in [7, 11) is 0. The zero-order chi connectivity index (χ0) is 8.27. The summed E-state index contributed by atoms with van der Waals surface area (Å²) in [6.07, 6.45) is 0. The Balaban J connectivity index is 3.28. The van der Waals surface area contributed by atoms with Gasteiger partial charge in [0.15, 0.2) is 0 Å². The molecule has 0 bridgehead atoms. The van der Waals surface area contributed by atoms with Gasteiger partial charge < -0.3 is 0 Å². The van der Waals surface area contributed by atoms with Crippen LogP contribution in [0, 0.1) is 29.6 Å². The van der Waals surface area contributed by atoms with Crippen LogP contribution in [0.25, 0.3) is 0 Å². The van der Waals surface area contributed by atoms with Crippen molar-refractivity contribution in [3.63, 3.8) is 0 Å². The molecule has 1 aromatic heterocycles. The molecule has 11 heavy (non-hydrogen) atoms. The fraction of sp³-hybridized carbons (Fsp3) is 0.167. The Bertz CT molecular complexity index is 324. The molecule has 1 rings (SSSR count). The van der Waals surface area contributed by atoms with Crippen molar-refractivity contribution in [2.45, 2.75) is 6.92 Å². The number of hydrogen-bond donors (Lipinski definition) is 0. The van der Waals surface area contributed by atoms with Crippen LogP contribution in [-0.2, 0) is 0 Å². The predicted molar refractivity (Wildman–Crippen MR) is 34.0 cm³/mol. The van der Waals surface area contributed by atoms with Crippen LogP contribution in [0.1, 0.15) is 17.5 Å². The van der Waals surface area contributed by atoms with Crippen LogP contribution in [0.15, 0.2) is 0 Å². The van der Waals surface area contributed by atoms with Crippen molar-refractivity contribution >= 4 is 0 Å². The van der Waals surface area contributed by atoms with Crippen LogP contribution in [0.2, 0.25) is 0 Å². The van der Waals surface area contributed by atoms with Crippen molar-refractivity contribution in [1.82, 2.24) is 15.0 Å². The van der Waals surface area contributed by atoms with Crippen LogP contribution >= 0.6 is 0 Å². The molecule has 0 saturated heterocycles. The van der Waals surface area contributed by atoms with E-state index < -0.39 is 0 Å². The van der Waals surface area contributed by atoms with Gasteiger partial charge in [-0.3, -0.25) is 0 Å². The van der Waals surface area contributed by atoms with Gasteiger partial charge in [-0.15, -0.1) is 0 Å². The van der Waals surface area contributed by atoms with E-state index in [2.05, 4.69) is 15.0 Å². The number of aromatic nitrogens is 3. The van der Waals surface area contributed by atoms with E-state index in [9.17, 15) is 0 Å². The minimum absolute atomic E-state index is 0.0194. The molecule has 0 fully saturated rings. The Morgan fingerprint density at radius 1 is 1.00 bits per heavy atom. The molecule has 1 heterocycles. The average molecular weight is 145 g/mol. The van der Waals surface area contributed by atoms with Crippen molar-refractivity contribution < 1.29 is 0 Å². The Hall–Kier alpha value is -2.01. The van der Waals surface area contributed by atoms with Gasteiger partial charge in [-0.05, 0) is 6.92 Å². The first kappa shape index (κ1) is 7.10. The molecule has 5 heteroatoms. The van der Waals surface area contributed by atoms with Crippen LogP contribution in [0.3, 0.4) is 0 Å². The zero-order valence-electron chi connectivity index (χ0n) is 5.74. The molecule has 52 valence electrons. The summed E-state index contributed by atoms with van der Waals surface area (Å²) in [5.74, 6) is 0.344.